The molecule has 0 heterocycles. The first-order valence-corrected chi connectivity index (χ1v) is 7.57. The molecule has 0 atom stereocenters. The van der Waals surface area contributed by atoms with Crippen molar-refractivity contribution in [3.8, 4) is 0 Å². The maximum absolute atomic E-state index is 12.2. The first kappa shape index (κ1) is 17.4. The zero-order valence-corrected chi connectivity index (χ0v) is 14.0. The van der Waals surface area contributed by atoms with Gasteiger partial charge in [0.1, 0.15) is 5.60 Å². The lowest BCUT2D eigenvalue weighted by Crippen LogP contribution is -2.48. The van der Waals surface area contributed by atoms with Gasteiger partial charge in [-0.3, -0.25) is 4.79 Å². The summed E-state index contributed by atoms with van der Waals surface area (Å²) in [6.45, 7) is 14.8. The zero-order chi connectivity index (χ0) is 15.6. The van der Waals surface area contributed by atoms with Crippen LogP contribution in [0.3, 0.4) is 0 Å². The van der Waals surface area contributed by atoms with Crippen LogP contribution < -0.4 is 0 Å². The molecular weight excluding hydrogens is 256 g/mol. The minimum atomic E-state index is -0.488. The highest BCUT2D eigenvalue weighted by Gasteiger charge is 2.62. The standard InChI is InChI=1S/C16H30O4/c1-8-18-13(19-9-2)15(6,7)16(10-11-16)20-12(17)14(3,4)5/h13H,8-11H2,1-7H3. The van der Waals surface area contributed by atoms with Gasteiger partial charge in [-0.25, -0.2) is 0 Å². The maximum Gasteiger partial charge on any atom is 0.311 e. The second-order valence-electron chi connectivity index (χ2n) is 7.10. The molecule has 1 fully saturated rings. The van der Waals surface area contributed by atoms with Crippen molar-refractivity contribution >= 4 is 5.97 Å². The highest BCUT2D eigenvalue weighted by molar-refractivity contribution is 5.76. The Balaban J connectivity index is 2.86. The van der Waals surface area contributed by atoms with Gasteiger partial charge in [-0.2, -0.15) is 0 Å². The molecule has 0 spiro atoms. The van der Waals surface area contributed by atoms with Crippen LogP contribution in [0.1, 0.15) is 61.3 Å². The van der Waals surface area contributed by atoms with Crippen molar-refractivity contribution in [1.29, 1.82) is 0 Å². The van der Waals surface area contributed by atoms with E-state index in [2.05, 4.69) is 13.8 Å². The quantitative estimate of drug-likeness (QED) is 0.530. The van der Waals surface area contributed by atoms with E-state index in [-0.39, 0.29) is 17.7 Å². The van der Waals surface area contributed by atoms with Crippen LogP contribution in [0, 0.1) is 10.8 Å². The lowest BCUT2D eigenvalue weighted by atomic mass is 9.82. The monoisotopic (exact) mass is 286 g/mol. The van der Waals surface area contributed by atoms with Gasteiger partial charge < -0.3 is 14.2 Å². The maximum atomic E-state index is 12.2. The lowest BCUT2D eigenvalue weighted by molar-refractivity contribution is -0.234. The summed E-state index contributed by atoms with van der Waals surface area (Å²) < 4.78 is 17.3. The molecule has 1 saturated carbocycles. The molecule has 0 saturated heterocycles. The third kappa shape index (κ3) is 3.53. The Hall–Kier alpha value is -0.610. The highest BCUT2D eigenvalue weighted by atomic mass is 16.7. The van der Waals surface area contributed by atoms with Gasteiger partial charge in [0, 0.05) is 13.2 Å². The van der Waals surface area contributed by atoms with Crippen molar-refractivity contribution in [1.82, 2.24) is 0 Å². The van der Waals surface area contributed by atoms with Gasteiger partial charge in [-0.1, -0.05) is 13.8 Å². The van der Waals surface area contributed by atoms with Crippen molar-refractivity contribution in [3.05, 3.63) is 0 Å². The second kappa shape index (κ2) is 6.02. The topological polar surface area (TPSA) is 44.8 Å². The van der Waals surface area contributed by atoms with Crippen LogP contribution in [0.4, 0.5) is 0 Å². The van der Waals surface area contributed by atoms with Crippen molar-refractivity contribution in [2.24, 2.45) is 10.8 Å². The number of carbonyl (C=O) groups is 1. The number of hydrogen-bond acceptors (Lipinski definition) is 4. The number of ether oxygens (including phenoxy) is 3. The number of esters is 1. The molecule has 1 aliphatic carbocycles. The number of rotatable bonds is 7. The van der Waals surface area contributed by atoms with Gasteiger partial charge in [0.05, 0.1) is 10.8 Å². The van der Waals surface area contributed by atoms with Crippen molar-refractivity contribution in [2.75, 3.05) is 13.2 Å². The van der Waals surface area contributed by atoms with E-state index in [0.29, 0.717) is 13.2 Å². The van der Waals surface area contributed by atoms with Gasteiger partial charge in [0.15, 0.2) is 6.29 Å². The van der Waals surface area contributed by atoms with E-state index in [1.807, 2.05) is 34.6 Å². The van der Waals surface area contributed by atoms with Crippen molar-refractivity contribution in [2.45, 2.75) is 73.2 Å². The average Bonchev–Trinajstić information content (AvgIpc) is 3.08. The molecule has 0 radical (unpaired) electrons. The predicted octanol–water partition coefficient (Wildman–Crippen LogP) is 3.53. The summed E-state index contributed by atoms with van der Waals surface area (Å²) in [5.41, 5.74) is -1.30. The van der Waals surface area contributed by atoms with Crippen LogP contribution in [0.15, 0.2) is 0 Å². The molecule has 118 valence electrons. The third-order valence-corrected chi connectivity index (χ3v) is 4.00. The molecule has 0 aliphatic heterocycles. The molecule has 0 N–H and O–H groups in total. The summed E-state index contributed by atoms with van der Waals surface area (Å²) in [6, 6.07) is 0. The Morgan fingerprint density at radius 3 is 1.80 bits per heavy atom. The molecule has 1 aliphatic rings. The van der Waals surface area contributed by atoms with Crippen LogP contribution in [0.5, 0.6) is 0 Å². The van der Waals surface area contributed by atoms with E-state index in [1.54, 1.807) is 0 Å². The van der Waals surface area contributed by atoms with E-state index < -0.39 is 11.0 Å². The Morgan fingerprint density at radius 1 is 1.05 bits per heavy atom. The SMILES string of the molecule is CCOC(OCC)C(C)(C)C1(OC(=O)C(C)(C)C)CC1. The molecular formula is C16H30O4. The summed E-state index contributed by atoms with van der Waals surface area (Å²) in [5.74, 6) is -0.158. The molecule has 0 aromatic heterocycles. The lowest BCUT2D eigenvalue weighted by Gasteiger charge is -2.40. The highest BCUT2D eigenvalue weighted by Crippen LogP contribution is 2.56. The minimum Gasteiger partial charge on any atom is -0.458 e. The van der Waals surface area contributed by atoms with Gasteiger partial charge in [0.2, 0.25) is 0 Å². The van der Waals surface area contributed by atoms with Crippen LogP contribution in [0.25, 0.3) is 0 Å². The normalized spacial score (nSPS) is 18.2. The summed E-state index contributed by atoms with van der Waals surface area (Å²) in [6.07, 6.45) is 1.39. The van der Waals surface area contributed by atoms with E-state index in [4.69, 9.17) is 14.2 Å². The van der Waals surface area contributed by atoms with Gasteiger partial charge >= 0.3 is 5.97 Å². The fraction of sp³-hybridized carbons (Fsp3) is 0.938. The van der Waals surface area contributed by atoms with Crippen molar-refractivity contribution < 1.29 is 19.0 Å². The average molecular weight is 286 g/mol. The van der Waals surface area contributed by atoms with E-state index in [9.17, 15) is 4.79 Å². The van der Waals surface area contributed by atoms with E-state index in [0.717, 1.165) is 12.8 Å². The Labute approximate surface area is 123 Å². The zero-order valence-electron chi connectivity index (χ0n) is 14.0. The van der Waals surface area contributed by atoms with E-state index in [1.165, 1.54) is 0 Å². The summed E-state index contributed by atoms with van der Waals surface area (Å²) in [5, 5.41) is 0. The van der Waals surface area contributed by atoms with Crippen molar-refractivity contribution in [3.63, 3.8) is 0 Å². The van der Waals surface area contributed by atoms with Crippen LogP contribution in [0.2, 0.25) is 0 Å². The van der Waals surface area contributed by atoms with Crippen LogP contribution >= 0.6 is 0 Å². The Bertz CT molecular complexity index is 331. The fourth-order valence-electron chi connectivity index (χ4n) is 2.30. The first-order valence-electron chi connectivity index (χ1n) is 7.57. The molecule has 20 heavy (non-hydrogen) atoms. The molecule has 0 aromatic carbocycles. The number of carbonyl (C=O) groups excluding carboxylic acids is 1. The predicted molar refractivity (Wildman–Crippen MR) is 78.3 cm³/mol. The molecule has 0 unspecified atom stereocenters. The molecule has 4 heteroatoms. The second-order valence-corrected chi connectivity index (χ2v) is 7.10. The smallest absolute Gasteiger partial charge is 0.311 e. The number of hydrogen-bond donors (Lipinski definition) is 0. The van der Waals surface area contributed by atoms with E-state index >= 15 is 0 Å². The molecule has 1 rings (SSSR count). The molecule has 4 nitrogen and oxygen atoms in total. The first-order chi connectivity index (χ1) is 9.10. The van der Waals surface area contributed by atoms with Crippen LogP contribution in [-0.4, -0.2) is 31.1 Å². The summed E-state index contributed by atoms with van der Waals surface area (Å²) in [7, 11) is 0. The Kier molecular flexibility index (Phi) is 5.25. The largest absolute Gasteiger partial charge is 0.458 e. The third-order valence-electron chi connectivity index (χ3n) is 4.00. The van der Waals surface area contributed by atoms with Gasteiger partial charge in [-0.05, 0) is 47.5 Å². The van der Waals surface area contributed by atoms with Crippen LogP contribution in [-0.2, 0) is 19.0 Å². The van der Waals surface area contributed by atoms with Gasteiger partial charge in [0.25, 0.3) is 0 Å². The summed E-state index contributed by atoms with van der Waals surface area (Å²) >= 11 is 0. The molecule has 0 aromatic rings. The fourth-order valence-corrected chi connectivity index (χ4v) is 2.30. The minimum absolute atomic E-state index is 0.158. The molecule has 0 bridgehead atoms. The Morgan fingerprint density at radius 2 is 1.50 bits per heavy atom. The summed E-state index contributed by atoms with van der Waals surface area (Å²) in [4.78, 5) is 12.2. The molecule has 0 amide bonds. The van der Waals surface area contributed by atoms with Gasteiger partial charge in [-0.15, -0.1) is 0 Å².